The molecule has 0 atom stereocenters. The van der Waals surface area contributed by atoms with Gasteiger partial charge < -0.3 is 4.74 Å². The summed E-state index contributed by atoms with van der Waals surface area (Å²) >= 11 is 0. The summed E-state index contributed by atoms with van der Waals surface area (Å²) in [5.74, 6) is 0. The fraction of sp³-hybridized carbons (Fsp3) is 0.154. The Balaban J connectivity index is 2.46. The normalized spacial score (nSPS) is 9.78. The molecule has 1 heterocycles. The minimum absolute atomic E-state index is 0.281. The molecular weight excluding hydrogens is 230 g/mol. The van der Waals surface area contributed by atoms with Crippen LogP contribution in [0.15, 0.2) is 30.6 Å². The Morgan fingerprint density at radius 1 is 1.50 bits per heavy atom. The number of aromatic nitrogens is 1. The fourth-order valence-corrected chi connectivity index (χ4v) is 1.66. The maximum atomic E-state index is 11.4. The second-order valence-electron chi connectivity index (χ2n) is 3.54. The Morgan fingerprint density at radius 2 is 2.33 bits per heavy atom. The number of nitrogens with one attached hydrogen (secondary N) is 1. The molecule has 0 saturated heterocycles. The van der Waals surface area contributed by atoms with Crippen molar-refractivity contribution in [1.82, 2.24) is 4.98 Å². The van der Waals surface area contributed by atoms with E-state index in [-0.39, 0.29) is 6.61 Å². The van der Waals surface area contributed by atoms with E-state index in [0.29, 0.717) is 16.6 Å². The van der Waals surface area contributed by atoms with E-state index in [9.17, 15) is 10.1 Å². The zero-order valence-electron chi connectivity index (χ0n) is 9.80. The van der Waals surface area contributed by atoms with Crippen molar-refractivity contribution < 1.29 is 9.53 Å². The van der Waals surface area contributed by atoms with Gasteiger partial charge >= 0.3 is 6.09 Å². The average molecular weight is 241 g/mol. The molecule has 0 radical (unpaired) electrons. The Kier molecular flexibility index (Phi) is 3.39. The van der Waals surface area contributed by atoms with Gasteiger partial charge in [-0.05, 0) is 24.4 Å². The summed E-state index contributed by atoms with van der Waals surface area (Å²) in [6, 6.07) is 7.38. The molecule has 1 aromatic carbocycles. The first-order valence-electron chi connectivity index (χ1n) is 5.47. The van der Waals surface area contributed by atoms with E-state index in [1.165, 1.54) is 0 Å². The lowest BCUT2D eigenvalue weighted by Gasteiger charge is -2.08. The van der Waals surface area contributed by atoms with Crippen LogP contribution in [0.5, 0.6) is 0 Å². The van der Waals surface area contributed by atoms with E-state index in [1.54, 1.807) is 25.4 Å². The molecule has 1 aromatic heterocycles. The van der Waals surface area contributed by atoms with Crippen LogP contribution in [0.3, 0.4) is 0 Å². The molecule has 1 N–H and O–H groups in total. The number of amides is 1. The number of ether oxygens (including phenoxy) is 1. The van der Waals surface area contributed by atoms with Gasteiger partial charge in [-0.15, -0.1) is 0 Å². The van der Waals surface area contributed by atoms with E-state index in [4.69, 9.17) is 4.74 Å². The quantitative estimate of drug-likeness (QED) is 0.877. The molecule has 2 rings (SSSR count). The minimum atomic E-state index is -0.572. The monoisotopic (exact) mass is 241 g/mol. The predicted octanol–water partition coefficient (Wildman–Crippen LogP) is 2.67. The topological polar surface area (TPSA) is 75.0 Å². The van der Waals surface area contributed by atoms with Crippen LogP contribution in [0, 0.1) is 11.3 Å². The second-order valence-corrected chi connectivity index (χ2v) is 3.54. The van der Waals surface area contributed by atoms with Crippen LogP contribution >= 0.6 is 0 Å². The van der Waals surface area contributed by atoms with Gasteiger partial charge in [0.25, 0.3) is 0 Å². The Bertz CT molecular complexity index is 632. The molecule has 2 aromatic rings. The van der Waals surface area contributed by atoms with Gasteiger partial charge in [0.2, 0.25) is 0 Å². The summed E-state index contributed by atoms with van der Waals surface area (Å²) in [7, 11) is 0. The third kappa shape index (κ3) is 2.23. The number of rotatable bonds is 2. The van der Waals surface area contributed by atoms with Gasteiger partial charge in [-0.1, -0.05) is 6.07 Å². The van der Waals surface area contributed by atoms with Crippen LogP contribution < -0.4 is 5.32 Å². The number of fused-ring (bicyclic) bond motifs is 1. The molecule has 0 aliphatic carbocycles. The number of pyridine rings is 1. The van der Waals surface area contributed by atoms with Crippen molar-refractivity contribution in [2.45, 2.75) is 6.92 Å². The molecule has 0 unspecified atom stereocenters. The highest BCUT2D eigenvalue weighted by atomic mass is 16.5. The lowest BCUT2D eigenvalue weighted by Crippen LogP contribution is -2.14. The molecule has 0 saturated carbocycles. The first kappa shape index (κ1) is 11.9. The highest BCUT2D eigenvalue weighted by Crippen LogP contribution is 2.24. The van der Waals surface area contributed by atoms with Gasteiger partial charge in [0.1, 0.15) is 6.07 Å². The van der Waals surface area contributed by atoms with Crippen molar-refractivity contribution in [2.24, 2.45) is 0 Å². The van der Waals surface area contributed by atoms with E-state index < -0.39 is 6.09 Å². The number of anilines is 1. The molecule has 5 nitrogen and oxygen atoms in total. The summed E-state index contributed by atoms with van der Waals surface area (Å²) in [6.45, 7) is 2.00. The van der Waals surface area contributed by atoms with Crippen molar-refractivity contribution in [1.29, 1.82) is 5.26 Å². The molecule has 5 heteroatoms. The van der Waals surface area contributed by atoms with Crippen molar-refractivity contribution in [3.05, 3.63) is 36.2 Å². The first-order valence-corrected chi connectivity index (χ1v) is 5.47. The lowest BCUT2D eigenvalue weighted by atomic mass is 10.1. The Labute approximate surface area is 104 Å². The lowest BCUT2D eigenvalue weighted by molar-refractivity contribution is 0.168. The summed E-state index contributed by atoms with van der Waals surface area (Å²) < 4.78 is 4.78. The molecule has 0 aliphatic heterocycles. The third-order valence-electron chi connectivity index (χ3n) is 2.45. The van der Waals surface area contributed by atoms with Gasteiger partial charge in [-0.3, -0.25) is 10.3 Å². The number of hydrogen-bond acceptors (Lipinski definition) is 4. The number of carbonyl (C=O) groups excluding carboxylic acids is 1. The SMILES string of the molecule is CCOC(=O)Nc1ccc2ccncc2c1C#N. The fourth-order valence-electron chi connectivity index (χ4n) is 1.66. The van der Waals surface area contributed by atoms with Crippen LogP contribution in [0.25, 0.3) is 10.8 Å². The van der Waals surface area contributed by atoms with E-state index in [0.717, 1.165) is 5.39 Å². The predicted molar refractivity (Wildman–Crippen MR) is 67.1 cm³/mol. The third-order valence-corrected chi connectivity index (χ3v) is 2.45. The standard InChI is InChI=1S/C13H11N3O2/c1-2-18-13(17)16-12-4-3-9-5-6-15-8-11(9)10(12)7-14/h3-6,8H,2H2,1H3,(H,16,17). The number of nitriles is 1. The molecule has 1 amide bonds. The van der Waals surface area contributed by atoms with Crippen LogP contribution in [0.4, 0.5) is 10.5 Å². The Morgan fingerprint density at radius 3 is 3.06 bits per heavy atom. The highest BCUT2D eigenvalue weighted by molar-refractivity contribution is 5.96. The number of benzene rings is 1. The van der Waals surface area contributed by atoms with Gasteiger partial charge in [0, 0.05) is 17.8 Å². The van der Waals surface area contributed by atoms with E-state index in [1.807, 2.05) is 12.1 Å². The summed E-state index contributed by atoms with van der Waals surface area (Å²) in [6.07, 6.45) is 2.68. The maximum Gasteiger partial charge on any atom is 0.411 e. The maximum absolute atomic E-state index is 11.4. The molecule has 0 fully saturated rings. The number of nitrogens with zero attached hydrogens (tertiary/aromatic N) is 2. The zero-order chi connectivity index (χ0) is 13.0. The molecule has 0 aliphatic rings. The smallest absolute Gasteiger partial charge is 0.411 e. The summed E-state index contributed by atoms with van der Waals surface area (Å²) in [5, 5.41) is 13.3. The van der Waals surface area contributed by atoms with Crippen molar-refractivity contribution in [3.8, 4) is 6.07 Å². The van der Waals surface area contributed by atoms with Crippen LogP contribution in [0.1, 0.15) is 12.5 Å². The molecule has 90 valence electrons. The van der Waals surface area contributed by atoms with Crippen LogP contribution in [0.2, 0.25) is 0 Å². The number of hydrogen-bond donors (Lipinski definition) is 1. The van der Waals surface area contributed by atoms with E-state index in [2.05, 4.69) is 16.4 Å². The molecule has 18 heavy (non-hydrogen) atoms. The largest absolute Gasteiger partial charge is 0.450 e. The molecule has 0 spiro atoms. The Hall–Kier alpha value is -2.61. The van der Waals surface area contributed by atoms with Gasteiger partial charge in [0.15, 0.2) is 0 Å². The van der Waals surface area contributed by atoms with Crippen molar-refractivity contribution >= 4 is 22.6 Å². The first-order chi connectivity index (χ1) is 8.76. The summed E-state index contributed by atoms with van der Waals surface area (Å²) in [4.78, 5) is 15.3. The average Bonchev–Trinajstić information content (AvgIpc) is 2.38. The van der Waals surface area contributed by atoms with Gasteiger partial charge in [-0.2, -0.15) is 5.26 Å². The zero-order valence-corrected chi connectivity index (χ0v) is 9.80. The van der Waals surface area contributed by atoms with Crippen LogP contribution in [-0.4, -0.2) is 17.7 Å². The molecule has 0 bridgehead atoms. The van der Waals surface area contributed by atoms with Crippen molar-refractivity contribution in [2.75, 3.05) is 11.9 Å². The van der Waals surface area contributed by atoms with Crippen LogP contribution in [-0.2, 0) is 4.74 Å². The minimum Gasteiger partial charge on any atom is -0.450 e. The summed E-state index contributed by atoms with van der Waals surface area (Å²) in [5.41, 5.74) is 0.810. The molecular formula is C13H11N3O2. The number of carbonyl (C=O) groups is 1. The van der Waals surface area contributed by atoms with Gasteiger partial charge in [0.05, 0.1) is 17.9 Å². The second kappa shape index (κ2) is 5.15. The van der Waals surface area contributed by atoms with E-state index >= 15 is 0 Å². The van der Waals surface area contributed by atoms with Crippen molar-refractivity contribution in [3.63, 3.8) is 0 Å². The highest BCUT2D eigenvalue weighted by Gasteiger charge is 2.10. The van der Waals surface area contributed by atoms with Gasteiger partial charge in [-0.25, -0.2) is 4.79 Å².